The number of rotatable bonds is 1. The highest BCUT2D eigenvalue weighted by Crippen LogP contribution is 2.13. The molecule has 0 spiro atoms. The number of halogens is 1. The second-order valence-corrected chi connectivity index (χ2v) is 2.56. The molecule has 3 nitrogen and oxygen atoms in total. The Bertz CT molecular complexity index is 312. The van der Waals surface area contributed by atoms with E-state index >= 15 is 0 Å². The summed E-state index contributed by atoms with van der Waals surface area (Å²) in [5, 5.41) is 0. The average molecular weight is 202 g/mol. The van der Waals surface area contributed by atoms with Crippen LogP contribution in [0.1, 0.15) is 15.9 Å². The molecule has 13 heavy (non-hydrogen) atoms. The van der Waals surface area contributed by atoms with Gasteiger partial charge in [0.2, 0.25) is 0 Å². The molecule has 1 aromatic rings. The minimum atomic E-state index is -0.360. The standard InChI is InChI=1S/C9H11NO2.ClH/c1-6-3-4-7(5-8(6)10)9(11)12-2;/h3-5H,10H2,1-2H3;1H. The quantitative estimate of drug-likeness (QED) is 0.557. The molecule has 0 bridgehead atoms. The minimum Gasteiger partial charge on any atom is -0.465 e. The van der Waals surface area contributed by atoms with E-state index in [1.807, 2.05) is 6.92 Å². The van der Waals surface area contributed by atoms with Gasteiger partial charge in [-0.05, 0) is 24.6 Å². The Labute approximate surface area is 83.3 Å². The third-order valence-electron chi connectivity index (χ3n) is 1.70. The fraction of sp³-hybridized carbons (Fsp3) is 0.222. The summed E-state index contributed by atoms with van der Waals surface area (Å²) < 4.78 is 4.54. The molecule has 0 saturated heterocycles. The van der Waals surface area contributed by atoms with Crippen molar-refractivity contribution in [1.82, 2.24) is 0 Å². The first kappa shape index (κ1) is 11.8. The molecule has 0 fully saturated rings. The number of nitrogen functional groups attached to an aromatic ring is 1. The van der Waals surface area contributed by atoms with E-state index in [9.17, 15) is 4.79 Å². The number of benzene rings is 1. The predicted molar refractivity (Wildman–Crippen MR) is 54.2 cm³/mol. The lowest BCUT2D eigenvalue weighted by atomic mass is 10.1. The number of esters is 1. The van der Waals surface area contributed by atoms with Crippen molar-refractivity contribution in [3.8, 4) is 0 Å². The number of aryl methyl sites for hydroxylation is 1. The molecular weight excluding hydrogens is 190 g/mol. The summed E-state index contributed by atoms with van der Waals surface area (Å²) in [4.78, 5) is 11.0. The second kappa shape index (κ2) is 4.72. The first-order valence-corrected chi connectivity index (χ1v) is 3.59. The molecule has 0 aliphatic rings. The Morgan fingerprint density at radius 1 is 1.46 bits per heavy atom. The van der Waals surface area contributed by atoms with Crippen LogP contribution in [0.4, 0.5) is 5.69 Å². The van der Waals surface area contributed by atoms with Gasteiger partial charge in [-0.3, -0.25) is 0 Å². The van der Waals surface area contributed by atoms with Crippen molar-refractivity contribution >= 4 is 24.1 Å². The predicted octanol–water partition coefficient (Wildman–Crippen LogP) is 1.79. The van der Waals surface area contributed by atoms with Crippen LogP contribution in [0.3, 0.4) is 0 Å². The van der Waals surface area contributed by atoms with Crippen LogP contribution in [0.25, 0.3) is 0 Å². The van der Waals surface area contributed by atoms with E-state index in [4.69, 9.17) is 5.73 Å². The Kier molecular flexibility index (Phi) is 4.28. The maximum Gasteiger partial charge on any atom is 0.337 e. The Morgan fingerprint density at radius 2 is 2.08 bits per heavy atom. The molecule has 0 atom stereocenters. The van der Waals surface area contributed by atoms with E-state index in [0.29, 0.717) is 11.3 Å². The molecule has 2 N–H and O–H groups in total. The largest absolute Gasteiger partial charge is 0.465 e. The molecular formula is C9H12ClNO2. The lowest BCUT2D eigenvalue weighted by molar-refractivity contribution is 0.0601. The molecule has 72 valence electrons. The topological polar surface area (TPSA) is 52.3 Å². The van der Waals surface area contributed by atoms with Crippen molar-refractivity contribution in [2.75, 3.05) is 12.8 Å². The molecule has 0 unspecified atom stereocenters. The van der Waals surface area contributed by atoms with Gasteiger partial charge >= 0.3 is 5.97 Å². The fourth-order valence-corrected chi connectivity index (χ4v) is 0.885. The number of carbonyl (C=O) groups is 1. The van der Waals surface area contributed by atoms with E-state index in [0.717, 1.165) is 5.56 Å². The summed E-state index contributed by atoms with van der Waals surface area (Å²) in [6.07, 6.45) is 0. The van der Waals surface area contributed by atoms with Crippen LogP contribution in [0, 0.1) is 6.92 Å². The van der Waals surface area contributed by atoms with Crippen molar-refractivity contribution in [1.29, 1.82) is 0 Å². The maximum absolute atomic E-state index is 11.0. The lowest BCUT2D eigenvalue weighted by Gasteiger charge is -2.02. The maximum atomic E-state index is 11.0. The van der Waals surface area contributed by atoms with E-state index in [2.05, 4.69) is 4.74 Å². The molecule has 1 aromatic carbocycles. The summed E-state index contributed by atoms with van der Waals surface area (Å²) >= 11 is 0. The molecule has 1 rings (SSSR count). The number of hydrogen-bond donors (Lipinski definition) is 1. The van der Waals surface area contributed by atoms with Crippen molar-refractivity contribution in [2.24, 2.45) is 0 Å². The van der Waals surface area contributed by atoms with E-state index < -0.39 is 0 Å². The van der Waals surface area contributed by atoms with Crippen LogP contribution < -0.4 is 5.73 Å². The zero-order valence-corrected chi connectivity index (χ0v) is 8.35. The van der Waals surface area contributed by atoms with Crippen LogP contribution >= 0.6 is 12.4 Å². The van der Waals surface area contributed by atoms with Gasteiger partial charge in [0.05, 0.1) is 12.7 Å². The van der Waals surface area contributed by atoms with Gasteiger partial charge in [-0.15, -0.1) is 12.4 Å². The summed E-state index contributed by atoms with van der Waals surface area (Å²) in [5.74, 6) is -0.360. The monoisotopic (exact) mass is 201 g/mol. The number of methoxy groups -OCH3 is 1. The average Bonchev–Trinajstić information content (AvgIpc) is 2.08. The molecule has 0 aliphatic carbocycles. The summed E-state index contributed by atoms with van der Waals surface area (Å²) in [5.41, 5.74) is 7.66. The first-order valence-electron chi connectivity index (χ1n) is 3.59. The van der Waals surface area contributed by atoms with Gasteiger partial charge in [0.1, 0.15) is 0 Å². The fourth-order valence-electron chi connectivity index (χ4n) is 0.885. The van der Waals surface area contributed by atoms with E-state index in [-0.39, 0.29) is 18.4 Å². The molecule has 0 amide bonds. The SMILES string of the molecule is COC(=O)c1ccc(C)c(N)c1.Cl. The van der Waals surface area contributed by atoms with Crippen LogP contribution in [0.2, 0.25) is 0 Å². The van der Waals surface area contributed by atoms with Gasteiger partial charge in [-0.2, -0.15) is 0 Å². The first-order chi connectivity index (χ1) is 5.65. The molecule has 0 aromatic heterocycles. The highest BCUT2D eigenvalue weighted by molar-refractivity contribution is 5.90. The van der Waals surface area contributed by atoms with E-state index in [1.54, 1.807) is 18.2 Å². The van der Waals surface area contributed by atoms with Crippen LogP contribution in [0.5, 0.6) is 0 Å². The Morgan fingerprint density at radius 3 is 2.54 bits per heavy atom. The van der Waals surface area contributed by atoms with Crippen molar-refractivity contribution in [2.45, 2.75) is 6.92 Å². The van der Waals surface area contributed by atoms with Gasteiger partial charge in [0.25, 0.3) is 0 Å². The Balaban J connectivity index is 0.00000144. The van der Waals surface area contributed by atoms with Crippen LogP contribution in [-0.4, -0.2) is 13.1 Å². The molecule has 0 saturated carbocycles. The Hall–Kier alpha value is -1.22. The smallest absolute Gasteiger partial charge is 0.337 e. The van der Waals surface area contributed by atoms with Gasteiger partial charge < -0.3 is 10.5 Å². The van der Waals surface area contributed by atoms with Crippen LogP contribution in [-0.2, 0) is 4.74 Å². The second-order valence-electron chi connectivity index (χ2n) is 2.56. The lowest BCUT2D eigenvalue weighted by Crippen LogP contribution is -2.02. The van der Waals surface area contributed by atoms with Gasteiger partial charge in [-0.1, -0.05) is 6.07 Å². The van der Waals surface area contributed by atoms with Crippen molar-refractivity contribution in [3.63, 3.8) is 0 Å². The molecule has 0 aliphatic heterocycles. The summed E-state index contributed by atoms with van der Waals surface area (Å²) in [7, 11) is 1.35. The normalized spacial score (nSPS) is 8.77. The molecule has 0 heterocycles. The van der Waals surface area contributed by atoms with Gasteiger partial charge in [-0.25, -0.2) is 4.79 Å². The summed E-state index contributed by atoms with van der Waals surface area (Å²) in [6, 6.07) is 5.10. The number of hydrogen-bond acceptors (Lipinski definition) is 3. The minimum absolute atomic E-state index is 0. The third kappa shape index (κ3) is 2.63. The molecule has 0 radical (unpaired) electrons. The third-order valence-corrected chi connectivity index (χ3v) is 1.70. The van der Waals surface area contributed by atoms with Crippen LogP contribution in [0.15, 0.2) is 18.2 Å². The molecule has 4 heteroatoms. The van der Waals surface area contributed by atoms with Gasteiger partial charge in [0, 0.05) is 5.69 Å². The van der Waals surface area contributed by atoms with E-state index in [1.165, 1.54) is 7.11 Å². The summed E-state index contributed by atoms with van der Waals surface area (Å²) in [6.45, 7) is 1.89. The number of nitrogens with two attached hydrogens (primary N) is 1. The number of ether oxygens (including phenoxy) is 1. The van der Waals surface area contributed by atoms with Crippen molar-refractivity contribution < 1.29 is 9.53 Å². The number of anilines is 1. The zero-order valence-electron chi connectivity index (χ0n) is 7.53. The number of carbonyl (C=O) groups excluding carboxylic acids is 1. The zero-order chi connectivity index (χ0) is 9.14. The van der Waals surface area contributed by atoms with Crippen molar-refractivity contribution in [3.05, 3.63) is 29.3 Å². The van der Waals surface area contributed by atoms with Gasteiger partial charge in [0.15, 0.2) is 0 Å². The highest BCUT2D eigenvalue weighted by atomic mass is 35.5. The highest BCUT2D eigenvalue weighted by Gasteiger charge is 2.05.